The van der Waals surface area contributed by atoms with Gasteiger partial charge in [-0.25, -0.2) is 0 Å². The largest absolute Gasteiger partial charge is 0.573 e. The molecule has 3 unspecified atom stereocenters. The van der Waals surface area contributed by atoms with Crippen LogP contribution < -0.4 is 10.1 Å². The highest BCUT2D eigenvalue weighted by Crippen LogP contribution is 2.46. The maximum Gasteiger partial charge on any atom is 0.573 e. The summed E-state index contributed by atoms with van der Waals surface area (Å²) in [5, 5.41) is 2.75. The highest BCUT2D eigenvalue weighted by atomic mass is 19.4. The van der Waals surface area contributed by atoms with Crippen LogP contribution in [0.5, 0.6) is 5.75 Å². The minimum absolute atomic E-state index is 0.117. The van der Waals surface area contributed by atoms with Gasteiger partial charge in [0.15, 0.2) is 0 Å². The summed E-state index contributed by atoms with van der Waals surface area (Å²) in [6.45, 7) is 2.14. The molecular weight excluding hydrogens is 283 g/mol. The average molecular weight is 299 g/mol. The molecule has 1 N–H and O–H groups in total. The Balaban J connectivity index is 1.89. The maximum absolute atomic E-state index is 12.3. The fourth-order valence-electron chi connectivity index (χ4n) is 3.48. The van der Waals surface area contributed by atoms with Crippen molar-refractivity contribution < 1.29 is 22.7 Å². The molecule has 6 heteroatoms. The Kier molecular flexibility index (Phi) is 3.34. The number of carbonyl (C=O) groups is 1. The summed E-state index contributed by atoms with van der Waals surface area (Å²) in [4.78, 5) is 12.1. The Bertz CT molecular complexity index is 571. The van der Waals surface area contributed by atoms with E-state index in [0.717, 1.165) is 19.3 Å². The molecule has 1 aromatic rings. The zero-order valence-corrected chi connectivity index (χ0v) is 11.5. The molecule has 1 aliphatic heterocycles. The van der Waals surface area contributed by atoms with Crippen molar-refractivity contribution in [3.63, 3.8) is 0 Å². The minimum atomic E-state index is -4.72. The number of alkyl halides is 3. The van der Waals surface area contributed by atoms with E-state index in [1.807, 2.05) is 0 Å². The zero-order valence-electron chi connectivity index (χ0n) is 11.5. The van der Waals surface area contributed by atoms with E-state index in [9.17, 15) is 18.0 Å². The summed E-state index contributed by atoms with van der Waals surface area (Å²) in [5.74, 6) is 0.00707. The van der Waals surface area contributed by atoms with Crippen LogP contribution in [-0.4, -0.2) is 12.3 Å². The first-order valence-corrected chi connectivity index (χ1v) is 7.04. The van der Waals surface area contributed by atoms with E-state index in [4.69, 9.17) is 0 Å². The molecule has 1 amide bonds. The molecule has 1 fully saturated rings. The number of amides is 1. The van der Waals surface area contributed by atoms with E-state index < -0.39 is 6.36 Å². The molecule has 1 aliphatic carbocycles. The number of rotatable bonds is 2. The molecule has 0 bridgehead atoms. The second kappa shape index (κ2) is 4.93. The molecule has 0 aromatic heterocycles. The number of hydrogen-bond donors (Lipinski definition) is 1. The molecule has 0 spiro atoms. The minimum Gasteiger partial charge on any atom is -0.406 e. The lowest BCUT2D eigenvalue weighted by Crippen LogP contribution is -2.19. The topological polar surface area (TPSA) is 38.3 Å². The number of halogens is 3. The Morgan fingerprint density at radius 3 is 2.67 bits per heavy atom. The normalized spacial score (nSPS) is 28.4. The first kappa shape index (κ1) is 14.2. The van der Waals surface area contributed by atoms with Gasteiger partial charge in [0.2, 0.25) is 5.91 Å². The number of carbonyl (C=O) groups excluding carboxylic acids is 1. The third-order valence-corrected chi connectivity index (χ3v) is 4.34. The third kappa shape index (κ3) is 2.84. The highest BCUT2D eigenvalue weighted by Gasteiger charge is 2.40. The number of benzene rings is 1. The monoisotopic (exact) mass is 299 g/mol. The average Bonchev–Trinajstić information content (AvgIpc) is 2.89. The summed E-state index contributed by atoms with van der Waals surface area (Å²) in [5.41, 5.74) is 1.22. The third-order valence-electron chi connectivity index (χ3n) is 4.34. The molecule has 2 aliphatic rings. The summed E-state index contributed by atoms with van der Waals surface area (Å²) in [6.07, 6.45) is -1.80. The van der Waals surface area contributed by atoms with E-state index in [1.54, 1.807) is 0 Å². The van der Waals surface area contributed by atoms with Crippen LogP contribution in [0.1, 0.15) is 37.7 Å². The molecular formula is C15H16F3NO2. The quantitative estimate of drug-likeness (QED) is 0.894. The molecule has 21 heavy (non-hydrogen) atoms. The zero-order chi connectivity index (χ0) is 15.2. The van der Waals surface area contributed by atoms with Gasteiger partial charge in [-0.3, -0.25) is 4.79 Å². The van der Waals surface area contributed by atoms with Crippen LogP contribution in [0.4, 0.5) is 18.9 Å². The highest BCUT2D eigenvalue weighted by molar-refractivity contribution is 6.03. The summed E-state index contributed by atoms with van der Waals surface area (Å²) in [7, 11) is 0. The first-order valence-electron chi connectivity index (χ1n) is 7.04. The van der Waals surface area contributed by atoms with E-state index in [2.05, 4.69) is 17.0 Å². The number of nitrogens with one attached hydrogen (secondary N) is 1. The van der Waals surface area contributed by atoms with Gasteiger partial charge in [-0.1, -0.05) is 13.3 Å². The lowest BCUT2D eigenvalue weighted by molar-refractivity contribution is -0.274. The molecule has 1 heterocycles. The molecule has 3 rings (SSSR count). The van der Waals surface area contributed by atoms with Crippen molar-refractivity contribution in [2.24, 2.45) is 11.8 Å². The SMILES string of the molecule is CC1CCC(C2C(=O)Nc3ccc(OC(F)(F)F)cc32)C1. The molecule has 1 aromatic carbocycles. The number of hydrogen-bond acceptors (Lipinski definition) is 2. The van der Waals surface area contributed by atoms with Gasteiger partial charge in [-0.2, -0.15) is 0 Å². The van der Waals surface area contributed by atoms with E-state index >= 15 is 0 Å². The predicted molar refractivity (Wildman–Crippen MR) is 71.0 cm³/mol. The summed E-state index contributed by atoms with van der Waals surface area (Å²) < 4.78 is 40.9. The number of anilines is 1. The van der Waals surface area contributed by atoms with Gasteiger partial charge in [-0.15, -0.1) is 13.2 Å². The molecule has 114 valence electrons. The van der Waals surface area contributed by atoms with Crippen LogP contribution in [0.3, 0.4) is 0 Å². The van der Waals surface area contributed by atoms with E-state index in [1.165, 1.54) is 18.2 Å². The van der Waals surface area contributed by atoms with Crippen molar-refractivity contribution in [3.05, 3.63) is 23.8 Å². The van der Waals surface area contributed by atoms with Gasteiger partial charge in [0.25, 0.3) is 0 Å². The predicted octanol–water partition coefficient (Wildman–Crippen LogP) is 4.06. The van der Waals surface area contributed by atoms with Crippen molar-refractivity contribution in [2.45, 2.75) is 38.5 Å². The van der Waals surface area contributed by atoms with Gasteiger partial charge in [-0.05, 0) is 48.4 Å². The molecule has 0 saturated heterocycles. The van der Waals surface area contributed by atoms with Gasteiger partial charge in [0.1, 0.15) is 5.75 Å². The Labute approximate surface area is 120 Å². The van der Waals surface area contributed by atoms with E-state index in [0.29, 0.717) is 17.2 Å². The smallest absolute Gasteiger partial charge is 0.406 e. The van der Waals surface area contributed by atoms with Crippen molar-refractivity contribution in [2.75, 3.05) is 5.32 Å². The van der Waals surface area contributed by atoms with E-state index in [-0.39, 0.29) is 23.5 Å². The fraction of sp³-hybridized carbons (Fsp3) is 0.533. The lowest BCUT2D eigenvalue weighted by atomic mass is 9.85. The van der Waals surface area contributed by atoms with Crippen molar-refractivity contribution in [1.29, 1.82) is 0 Å². The number of fused-ring (bicyclic) bond motifs is 1. The molecule has 1 saturated carbocycles. The van der Waals surface area contributed by atoms with Crippen LogP contribution in [0.2, 0.25) is 0 Å². The van der Waals surface area contributed by atoms with Crippen molar-refractivity contribution >= 4 is 11.6 Å². The van der Waals surface area contributed by atoms with Crippen LogP contribution in [-0.2, 0) is 4.79 Å². The maximum atomic E-state index is 12.3. The van der Waals surface area contributed by atoms with Crippen molar-refractivity contribution in [1.82, 2.24) is 0 Å². The Hall–Kier alpha value is -1.72. The fourth-order valence-corrected chi connectivity index (χ4v) is 3.48. The van der Waals surface area contributed by atoms with Gasteiger partial charge in [0.05, 0.1) is 5.92 Å². The van der Waals surface area contributed by atoms with Gasteiger partial charge in [0, 0.05) is 5.69 Å². The molecule has 3 atom stereocenters. The van der Waals surface area contributed by atoms with Crippen LogP contribution in [0.15, 0.2) is 18.2 Å². The van der Waals surface area contributed by atoms with Crippen LogP contribution in [0, 0.1) is 11.8 Å². The number of ether oxygens (including phenoxy) is 1. The van der Waals surface area contributed by atoms with Gasteiger partial charge < -0.3 is 10.1 Å². The summed E-state index contributed by atoms with van der Waals surface area (Å²) in [6, 6.07) is 4.05. The molecule has 0 radical (unpaired) electrons. The van der Waals surface area contributed by atoms with Gasteiger partial charge >= 0.3 is 6.36 Å². The Morgan fingerprint density at radius 1 is 1.29 bits per heavy atom. The standard InChI is InChI=1S/C15H16F3NO2/c1-8-2-3-9(6-8)13-11-7-10(21-15(16,17)18)4-5-12(11)19-14(13)20/h4-5,7-9,13H,2-3,6H2,1H3,(H,19,20). The molecule has 3 nitrogen and oxygen atoms in total. The van der Waals surface area contributed by atoms with Crippen LogP contribution >= 0.6 is 0 Å². The lowest BCUT2D eigenvalue weighted by Gasteiger charge is -2.17. The Morgan fingerprint density at radius 2 is 2.05 bits per heavy atom. The second-order valence-electron chi connectivity index (χ2n) is 5.94. The first-order chi connectivity index (χ1) is 9.83. The van der Waals surface area contributed by atoms with Crippen molar-refractivity contribution in [3.8, 4) is 5.75 Å². The second-order valence-corrected chi connectivity index (χ2v) is 5.94. The van der Waals surface area contributed by atoms with Crippen LogP contribution in [0.25, 0.3) is 0 Å². The summed E-state index contributed by atoms with van der Waals surface area (Å²) >= 11 is 0.